The minimum Gasteiger partial charge on any atom is -0.346 e. The predicted octanol–water partition coefficient (Wildman–Crippen LogP) is 2.15. The third-order valence-corrected chi connectivity index (χ3v) is 4.94. The molecule has 2 aromatic heterocycles. The van der Waals surface area contributed by atoms with E-state index in [-0.39, 0.29) is 24.4 Å². The van der Waals surface area contributed by atoms with Gasteiger partial charge >= 0.3 is 0 Å². The molecular formula is C21H22N6O2. The number of para-hydroxylation sites is 2. The lowest BCUT2D eigenvalue weighted by atomic mass is 10.2. The third-order valence-electron chi connectivity index (χ3n) is 4.94. The summed E-state index contributed by atoms with van der Waals surface area (Å²) in [5.74, 6) is 0.890. The number of nitrogens with one attached hydrogen (secondary N) is 1. The summed E-state index contributed by atoms with van der Waals surface area (Å²) in [5.41, 5.74) is 2.31. The van der Waals surface area contributed by atoms with Crippen molar-refractivity contribution in [3.05, 3.63) is 64.7 Å². The molecule has 2 heterocycles. The summed E-state index contributed by atoms with van der Waals surface area (Å²) in [6.07, 6.45) is 1.77. The zero-order valence-corrected chi connectivity index (χ0v) is 16.2. The number of hydrogen-bond acceptors (Lipinski definition) is 5. The first-order valence-electron chi connectivity index (χ1n) is 9.62. The van der Waals surface area contributed by atoms with Crippen LogP contribution in [0.5, 0.6) is 0 Å². The van der Waals surface area contributed by atoms with Gasteiger partial charge in [-0.3, -0.25) is 9.59 Å². The number of rotatable bonds is 7. The Morgan fingerprint density at radius 3 is 2.69 bits per heavy atom. The molecule has 4 aromatic rings. The summed E-state index contributed by atoms with van der Waals surface area (Å²) in [6, 6.07) is 15.0. The highest BCUT2D eigenvalue weighted by Crippen LogP contribution is 2.11. The van der Waals surface area contributed by atoms with Crippen molar-refractivity contribution in [2.45, 2.75) is 25.8 Å². The molecule has 0 fully saturated rings. The number of carbonyl (C=O) groups excluding carboxylic acids is 1. The van der Waals surface area contributed by atoms with Crippen molar-refractivity contribution >= 4 is 27.8 Å². The predicted molar refractivity (Wildman–Crippen MR) is 110 cm³/mol. The molecule has 0 aliphatic heterocycles. The van der Waals surface area contributed by atoms with Crippen LogP contribution in [0.2, 0.25) is 0 Å². The van der Waals surface area contributed by atoms with Crippen LogP contribution in [0.25, 0.3) is 21.9 Å². The minimum absolute atomic E-state index is 0.0311. The number of carbonyl (C=O) groups is 1. The van der Waals surface area contributed by atoms with Gasteiger partial charge in [0.1, 0.15) is 11.3 Å². The van der Waals surface area contributed by atoms with Crippen molar-refractivity contribution in [2.24, 2.45) is 0 Å². The fourth-order valence-electron chi connectivity index (χ4n) is 3.29. The van der Waals surface area contributed by atoms with Crippen molar-refractivity contribution in [3.8, 4) is 0 Å². The summed E-state index contributed by atoms with van der Waals surface area (Å²) >= 11 is 0. The summed E-state index contributed by atoms with van der Waals surface area (Å²) in [4.78, 5) is 34.4. The Labute approximate surface area is 167 Å². The van der Waals surface area contributed by atoms with Crippen LogP contribution >= 0.6 is 0 Å². The first kappa shape index (κ1) is 18.8. The summed E-state index contributed by atoms with van der Waals surface area (Å²) in [6.45, 7) is 0.831. The average Bonchev–Trinajstić information content (AvgIpc) is 3.16. The zero-order valence-electron chi connectivity index (χ0n) is 16.2. The van der Waals surface area contributed by atoms with Crippen molar-refractivity contribution in [1.29, 1.82) is 0 Å². The highest BCUT2D eigenvalue weighted by molar-refractivity contribution is 5.77. The molecule has 0 aliphatic carbocycles. The standard InChI is InChI=1S/C21H22N6O2/c1-26(13-6-11-19-22-17-9-4-5-10-18(17)23-19)20(28)12-14-27-21(29)15-7-2-3-8-16(15)24-25-27/h2-5,7-10H,6,11-14H2,1H3,(H,22,23). The normalized spacial score (nSPS) is 11.2. The molecule has 1 N–H and O–H groups in total. The van der Waals surface area contributed by atoms with E-state index < -0.39 is 0 Å². The SMILES string of the molecule is CN(CCCc1nc2ccccc2[nH]1)C(=O)CCn1nnc2ccccc2c1=O. The molecular weight excluding hydrogens is 368 g/mol. The van der Waals surface area contributed by atoms with Crippen LogP contribution in [0.15, 0.2) is 53.3 Å². The lowest BCUT2D eigenvalue weighted by Crippen LogP contribution is -2.31. The highest BCUT2D eigenvalue weighted by Gasteiger charge is 2.12. The number of imidazole rings is 1. The topological polar surface area (TPSA) is 96.8 Å². The van der Waals surface area contributed by atoms with Crippen LogP contribution in [-0.4, -0.2) is 49.4 Å². The van der Waals surface area contributed by atoms with Crippen molar-refractivity contribution in [1.82, 2.24) is 29.9 Å². The molecule has 0 bridgehead atoms. The van der Waals surface area contributed by atoms with Gasteiger partial charge in [0.25, 0.3) is 5.56 Å². The summed E-state index contributed by atoms with van der Waals surface area (Å²) in [5, 5.41) is 8.48. The number of benzene rings is 2. The van der Waals surface area contributed by atoms with Crippen LogP contribution < -0.4 is 5.56 Å². The van der Waals surface area contributed by atoms with E-state index in [0.717, 1.165) is 29.7 Å². The molecule has 0 radical (unpaired) electrons. The number of aromatic amines is 1. The fraction of sp³-hybridized carbons (Fsp3) is 0.286. The summed E-state index contributed by atoms with van der Waals surface area (Å²) in [7, 11) is 1.77. The fourth-order valence-corrected chi connectivity index (χ4v) is 3.29. The van der Waals surface area contributed by atoms with Gasteiger partial charge in [-0.15, -0.1) is 5.10 Å². The first-order chi connectivity index (χ1) is 14.1. The maximum absolute atomic E-state index is 12.4. The van der Waals surface area contributed by atoms with Gasteiger partial charge in [0, 0.05) is 26.4 Å². The molecule has 0 saturated heterocycles. The van der Waals surface area contributed by atoms with Crippen LogP contribution in [0, 0.1) is 0 Å². The molecule has 8 nitrogen and oxygen atoms in total. The van der Waals surface area contributed by atoms with Gasteiger partial charge in [-0.05, 0) is 30.7 Å². The largest absolute Gasteiger partial charge is 0.346 e. The molecule has 29 heavy (non-hydrogen) atoms. The summed E-state index contributed by atoms with van der Waals surface area (Å²) < 4.78 is 1.25. The second-order valence-corrected chi connectivity index (χ2v) is 7.00. The molecule has 4 rings (SSSR count). The van der Waals surface area contributed by atoms with Gasteiger partial charge in [0.2, 0.25) is 5.91 Å². The van der Waals surface area contributed by atoms with Crippen LogP contribution in [0.1, 0.15) is 18.7 Å². The lowest BCUT2D eigenvalue weighted by Gasteiger charge is -2.16. The Bertz CT molecular complexity index is 1180. The van der Waals surface area contributed by atoms with E-state index in [2.05, 4.69) is 20.3 Å². The van der Waals surface area contributed by atoms with E-state index in [1.54, 1.807) is 30.1 Å². The number of fused-ring (bicyclic) bond motifs is 2. The van der Waals surface area contributed by atoms with Gasteiger partial charge in [-0.2, -0.15) is 0 Å². The van der Waals surface area contributed by atoms with Crippen LogP contribution in [-0.2, 0) is 17.8 Å². The van der Waals surface area contributed by atoms with Gasteiger partial charge in [0.15, 0.2) is 0 Å². The van der Waals surface area contributed by atoms with Crippen molar-refractivity contribution < 1.29 is 4.79 Å². The Hall–Kier alpha value is -3.55. The van der Waals surface area contributed by atoms with E-state index in [0.29, 0.717) is 17.4 Å². The molecule has 1 amide bonds. The average molecular weight is 390 g/mol. The molecule has 0 aliphatic rings. The highest BCUT2D eigenvalue weighted by atomic mass is 16.2. The number of nitrogens with zero attached hydrogens (tertiary/aromatic N) is 5. The number of H-pyrrole nitrogens is 1. The maximum Gasteiger partial charge on any atom is 0.277 e. The molecule has 8 heteroatoms. The first-order valence-corrected chi connectivity index (χ1v) is 9.62. The molecule has 0 spiro atoms. The Balaban J connectivity index is 1.29. The van der Waals surface area contributed by atoms with E-state index in [4.69, 9.17) is 0 Å². The van der Waals surface area contributed by atoms with E-state index in [1.807, 2.05) is 30.3 Å². The van der Waals surface area contributed by atoms with Crippen LogP contribution in [0.3, 0.4) is 0 Å². The lowest BCUT2D eigenvalue weighted by molar-refractivity contribution is -0.130. The second kappa shape index (κ2) is 8.22. The smallest absolute Gasteiger partial charge is 0.277 e. The minimum atomic E-state index is -0.226. The zero-order chi connectivity index (χ0) is 20.2. The van der Waals surface area contributed by atoms with Crippen molar-refractivity contribution in [3.63, 3.8) is 0 Å². The third kappa shape index (κ3) is 4.16. The van der Waals surface area contributed by atoms with Crippen molar-refractivity contribution in [2.75, 3.05) is 13.6 Å². The van der Waals surface area contributed by atoms with E-state index >= 15 is 0 Å². The van der Waals surface area contributed by atoms with Gasteiger partial charge in [-0.25, -0.2) is 9.67 Å². The Morgan fingerprint density at radius 2 is 1.86 bits per heavy atom. The Kier molecular flexibility index (Phi) is 5.33. The van der Waals surface area contributed by atoms with Gasteiger partial charge in [-0.1, -0.05) is 29.5 Å². The Morgan fingerprint density at radius 1 is 1.10 bits per heavy atom. The molecule has 2 aromatic carbocycles. The number of aromatic nitrogens is 5. The maximum atomic E-state index is 12.4. The van der Waals surface area contributed by atoms with Gasteiger partial charge in [0.05, 0.1) is 23.0 Å². The molecule has 0 saturated carbocycles. The monoisotopic (exact) mass is 390 g/mol. The number of amides is 1. The molecule has 0 unspecified atom stereocenters. The molecule has 148 valence electrons. The van der Waals surface area contributed by atoms with E-state index in [9.17, 15) is 9.59 Å². The number of hydrogen-bond donors (Lipinski definition) is 1. The quantitative estimate of drug-likeness (QED) is 0.522. The number of aryl methyl sites for hydroxylation is 2. The van der Waals surface area contributed by atoms with Crippen LogP contribution in [0.4, 0.5) is 0 Å². The van der Waals surface area contributed by atoms with Gasteiger partial charge < -0.3 is 9.88 Å². The second-order valence-electron chi connectivity index (χ2n) is 7.00. The molecule has 0 atom stereocenters. The van der Waals surface area contributed by atoms with E-state index in [1.165, 1.54) is 4.68 Å².